The van der Waals surface area contributed by atoms with Crippen LogP contribution in [0.15, 0.2) is 18.2 Å². The molecule has 0 amide bonds. The molecule has 118 valence electrons. The van der Waals surface area contributed by atoms with Crippen LogP contribution in [0.5, 0.6) is 0 Å². The minimum absolute atomic E-state index is 0.120. The van der Waals surface area contributed by atoms with E-state index < -0.39 is 17.9 Å². The zero-order valence-corrected chi connectivity index (χ0v) is 12.1. The van der Waals surface area contributed by atoms with Crippen LogP contribution in [0.1, 0.15) is 30.9 Å². The molecule has 1 fully saturated rings. The first-order valence-corrected chi connectivity index (χ1v) is 7.13. The fourth-order valence-corrected chi connectivity index (χ4v) is 2.49. The molecule has 1 saturated carbocycles. The number of benzene rings is 1. The van der Waals surface area contributed by atoms with E-state index in [4.69, 9.17) is 4.74 Å². The molecule has 1 aromatic carbocycles. The van der Waals surface area contributed by atoms with Crippen molar-refractivity contribution in [1.82, 2.24) is 0 Å². The van der Waals surface area contributed by atoms with Crippen molar-refractivity contribution in [2.75, 3.05) is 5.32 Å². The highest BCUT2D eigenvalue weighted by Crippen LogP contribution is 2.47. The summed E-state index contributed by atoms with van der Waals surface area (Å²) < 4.78 is 33.9. The Balaban J connectivity index is 2.16. The average Bonchev–Trinajstić information content (AvgIpc) is 3.26. The monoisotopic (exact) mass is 309 g/mol. The summed E-state index contributed by atoms with van der Waals surface area (Å²) in [7, 11) is 0. The number of anilines is 1. The topological polar surface area (TPSA) is 61.7 Å². The van der Waals surface area contributed by atoms with Crippen LogP contribution in [0.3, 0.4) is 0 Å². The van der Waals surface area contributed by atoms with Gasteiger partial charge in [0, 0.05) is 24.1 Å². The van der Waals surface area contributed by atoms with Crippen molar-refractivity contribution in [2.45, 2.75) is 44.3 Å². The second-order valence-electron chi connectivity index (χ2n) is 5.77. The van der Waals surface area contributed by atoms with Gasteiger partial charge < -0.3 is 20.3 Å². The zero-order chi connectivity index (χ0) is 16.0. The van der Waals surface area contributed by atoms with E-state index in [2.05, 4.69) is 17.2 Å². The number of aliphatic hydroxyl groups is 2. The Morgan fingerprint density at radius 2 is 2.18 bits per heavy atom. The molecule has 0 aromatic heterocycles. The van der Waals surface area contributed by atoms with E-state index in [9.17, 15) is 19.0 Å². The van der Waals surface area contributed by atoms with Crippen molar-refractivity contribution in [1.29, 1.82) is 0 Å². The summed E-state index contributed by atoms with van der Waals surface area (Å²) in [5, 5.41) is 21.6. The highest BCUT2D eigenvalue weighted by Gasteiger charge is 2.56. The highest BCUT2D eigenvalue weighted by atomic mass is 19.3. The third-order valence-corrected chi connectivity index (χ3v) is 3.86. The van der Waals surface area contributed by atoms with E-state index in [1.165, 1.54) is 12.1 Å². The molecule has 6 heteroatoms. The number of rotatable bonds is 2. The maximum Gasteiger partial charge on any atom is 0.289 e. The second kappa shape index (κ2) is 5.20. The SMILES string of the molecule is CC(F)(F)[C@]1(C#CC2CC2)OC(O)Nc2cc(CO)ccc21. The minimum Gasteiger partial charge on any atom is -0.392 e. The first-order chi connectivity index (χ1) is 10.4. The molecule has 4 nitrogen and oxygen atoms in total. The Morgan fingerprint density at radius 3 is 2.77 bits per heavy atom. The first kappa shape index (κ1) is 15.2. The number of halogens is 2. The van der Waals surface area contributed by atoms with Gasteiger partial charge in [0.25, 0.3) is 5.92 Å². The standard InChI is InChI=1S/C16H17F2NO3/c1-15(17,18)16(7-6-10-2-3-10)12-5-4-11(9-20)8-13(12)19-14(21)22-16/h4-5,8,10,14,19-21H,2-3,9H2,1H3/t14?,16-/m1/s1. The van der Waals surface area contributed by atoms with Gasteiger partial charge in [-0.1, -0.05) is 24.0 Å². The summed E-state index contributed by atoms with van der Waals surface area (Å²) in [6, 6.07) is 4.51. The third-order valence-electron chi connectivity index (χ3n) is 3.86. The van der Waals surface area contributed by atoms with E-state index in [1.807, 2.05) is 0 Å². The van der Waals surface area contributed by atoms with Crippen LogP contribution in [0, 0.1) is 17.8 Å². The van der Waals surface area contributed by atoms with Gasteiger partial charge in [0.1, 0.15) is 0 Å². The van der Waals surface area contributed by atoms with Crippen LogP contribution >= 0.6 is 0 Å². The third kappa shape index (κ3) is 2.56. The molecule has 3 rings (SSSR count). The normalized spacial score (nSPS) is 27.4. The van der Waals surface area contributed by atoms with Crippen LogP contribution in [0.4, 0.5) is 14.5 Å². The van der Waals surface area contributed by atoms with Crippen molar-refractivity contribution in [3.63, 3.8) is 0 Å². The number of fused-ring (bicyclic) bond motifs is 1. The molecule has 1 unspecified atom stereocenters. The second-order valence-corrected chi connectivity index (χ2v) is 5.77. The molecule has 0 spiro atoms. The lowest BCUT2D eigenvalue weighted by atomic mass is 9.85. The Bertz CT molecular complexity index is 643. The highest BCUT2D eigenvalue weighted by molar-refractivity contribution is 5.60. The van der Waals surface area contributed by atoms with Gasteiger partial charge in [-0.25, -0.2) is 8.78 Å². The van der Waals surface area contributed by atoms with Crippen molar-refractivity contribution in [3.05, 3.63) is 29.3 Å². The lowest BCUT2D eigenvalue weighted by Gasteiger charge is -2.41. The molecule has 0 bridgehead atoms. The van der Waals surface area contributed by atoms with E-state index >= 15 is 0 Å². The zero-order valence-electron chi connectivity index (χ0n) is 12.1. The molecule has 22 heavy (non-hydrogen) atoms. The van der Waals surface area contributed by atoms with Gasteiger partial charge in [0.15, 0.2) is 0 Å². The minimum atomic E-state index is -3.31. The van der Waals surface area contributed by atoms with Crippen LogP contribution in [-0.4, -0.2) is 22.5 Å². The van der Waals surface area contributed by atoms with Gasteiger partial charge in [0.2, 0.25) is 12.0 Å². The van der Waals surface area contributed by atoms with Crippen LogP contribution in [0.2, 0.25) is 0 Å². The van der Waals surface area contributed by atoms with E-state index in [-0.39, 0.29) is 23.8 Å². The Labute approximate surface area is 127 Å². The van der Waals surface area contributed by atoms with Gasteiger partial charge in [-0.05, 0) is 24.5 Å². The summed E-state index contributed by atoms with van der Waals surface area (Å²) in [4.78, 5) is 0. The fraction of sp³-hybridized carbons (Fsp3) is 0.500. The lowest BCUT2D eigenvalue weighted by molar-refractivity contribution is -0.241. The van der Waals surface area contributed by atoms with Gasteiger partial charge in [-0.2, -0.15) is 0 Å². The number of aliphatic hydroxyl groups excluding tert-OH is 2. The molecule has 2 atom stereocenters. The van der Waals surface area contributed by atoms with Crippen molar-refractivity contribution < 1.29 is 23.7 Å². The smallest absolute Gasteiger partial charge is 0.289 e. The number of nitrogens with one attached hydrogen (secondary N) is 1. The van der Waals surface area contributed by atoms with Gasteiger partial charge >= 0.3 is 0 Å². The summed E-state index contributed by atoms with van der Waals surface area (Å²) in [5.74, 6) is 2.21. The Kier molecular flexibility index (Phi) is 3.60. The molecule has 1 heterocycles. The maximum absolute atomic E-state index is 14.4. The molecular weight excluding hydrogens is 292 g/mol. The maximum atomic E-state index is 14.4. The van der Waals surface area contributed by atoms with Crippen molar-refractivity contribution in [2.24, 2.45) is 5.92 Å². The summed E-state index contributed by atoms with van der Waals surface area (Å²) >= 11 is 0. The molecule has 1 aromatic rings. The van der Waals surface area contributed by atoms with Crippen LogP contribution < -0.4 is 5.32 Å². The largest absolute Gasteiger partial charge is 0.392 e. The molecule has 0 saturated heterocycles. The number of hydrogen-bond donors (Lipinski definition) is 3. The van der Waals surface area contributed by atoms with Crippen LogP contribution in [-0.2, 0) is 16.9 Å². The summed E-state index contributed by atoms with van der Waals surface area (Å²) in [6.07, 6.45) is 0.200. The molecule has 1 aliphatic heterocycles. The summed E-state index contributed by atoms with van der Waals surface area (Å²) in [5.41, 5.74) is -1.21. The van der Waals surface area contributed by atoms with Crippen molar-refractivity contribution >= 4 is 5.69 Å². The molecule has 3 N–H and O–H groups in total. The van der Waals surface area contributed by atoms with Gasteiger partial charge in [-0.3, -0.25) is 0 Å². The fourth-order valence-electron chi connectivity index (χ4n) is 2.49. The van der Waals surface area contributed by atoms with E-state index in [1.54, 1.807) is 6.07 Å². The predicted molar refractivity (Wildman–Crippen MR) is 75.9 cm³/mol. The average molecular weight is 309 g/mol. The number of hydrogen-bond acceptors (Lipinski definition) is 4. The van der Waals surface area contributed by atoms with E-state index in [0.29, 0.717) is 5.56 Å². The number of ether oxygens (including phenoxy) is 1. The van der Waals surface area contributed by atoms with Gasteiger partial charge in [-0.15, -0.1) is 0 Å². The Hall–Kier alpha value is -1.68. The van der Waals surface area contributed by atoms with Crippen molar-refractivity contribution in [3.8, 4) is 11.8 Å². The lowest BCUT2D eigenvalue weighted by Crippen LogP contribution is -2.52. The summed E-state index contributed by atoms with van der Waals surface area (Å²) in [6.45, 7) is 0.505. The quantitative estimate of drug-likeness (QED) is 0.733. The molecule has 2 aliphatic rings. The number of alkyl halides is 2. The molecule has 1 aliphatic carbocycles. The van der Waals surface area contributed by atoms with Gasteiger partial charge in [0.05, 0.1) is 6.61 Å². The predicted octanol–water partition coefficient (Wildman–Crippen LogP) is 2.16. The van der Waals surface area contributed by atoms with E-state index in [0.717, 1.165) is 19.8 Å². The Morgan fingerprint density at radius 1 is 1.45 bits per heavy atom. The molecule has 0 radical (unpaired) electrons. The molecular formula is C16H17F2NO3. The first-order valence-electron chi connectivity index (χ1n) is 7.13. The van der Waals surface area contributed by atoms with Crippen LogP contribution in [0.25, 0.3) is 0 Å².